The zero-order chi connectivity index (χ0) is 24.0. The highest BCUT2D eigenvalue weighted by Crippen LogP contribution is 2.42. The van der Waals surface area contributed by atoms with Gasteiger partial charge in [0.05, 0.1) is 23.7 Å². The van der Waals surface area contributed by atoms with Crippen molar-refractivity contribution < 1.29 is 9.53 Å². The smallest absolute Gasteiger partial charge is 0.226 e. The quantitative estimate of drug-likeness (QED) is 0.533. The lowest BCUT2D eigenvalue weighted by Gasteiger charge is -2.29. The summed E-state index contributed by atoms with van der Waals surface area (Å²) in [5.74, 6) is 1.85. The molecular weight excluding hydrogens is 446 g/mol. The van der Waals surface area contributed by atoms with Crippen LogP contribution < -0.4 is 10.1 Å². The molecule has 7 nitrogen and oxygen atoms in total. The summed E-state index contributed by atoms with van der Waals surface area (Å²) < 4.78 is 6.13. The fourth-order valence-corrected chi connectivity index (χ4v) is 5.94. The van der Waals surface area contributed by atoms with Gasteiger partial charge < -0.3 is 15.0 Å². The number of carbonyl (C=O) groups is 1. The van der Waals surface area contributed by atoms with E-state index in [1.807, 2.05) is 32.0 Å². The minimum atomic E-state index is 0.0272. The van der Waals surface area contributed by atoms with Gasteiger partial charge in [0.15, 0.2) is 0 Å². The largest absolute Gasteiger partial charge is 0.489 e. The Balaban J connectivity index is 1.49. The molecule has 3 aromatic rings. The number of thiophene rings is 1. The number of hydrogen-bond donors (Lipinski definition) is 1. The van der Waals surface area contributed by atoms with Crippen molar-refractivity contribution in [2.24, 2.45) is 10.9 Å². The first-order valence-electron chi connectivity index (χ1n) is 11.9. The molecule has 1 unspecified atom stereocenters. The van der Waals surface area contributed by atoms with Gasteiger partial charge in [0.1, 0.15) is 22.7 Å². The zero-order valence-corrected chi connectivity index (χ0v) is 21.2. The number of anilines is 2. The van der Waals surface area contributed by atoms with E-state index in [1.54, 1.807) is 17.7 Å². The first-order valence-corrected chi connectivity index (χ1v) is 12.8. The maximum Gasteiger partial charge on any atom is 0.226 e. The van der Waals surface area contributed by atoms with E-state index in [-0.39, 0.29) is 24.0 Å². The number of nitrogens with zero attached hydrogens (tertiary/aromatic N) is 4. The monoisotopic (exact) mass is 477 g/mol. The highest BCUT2D eigenvalue weighted by molar-refractivity contribution is 7.19. The Labute approximate surface area is 204 Å². The second-order valence-corrected chi connectivity index (χ2v) is 10.8. The van der Waals surface area contributed by atoms with Crippen LogP contribution in [0.25, 0.3) is 10.2 Å². The van der Waals surface area contributed by atoms with E-state index in [4.69, 9.17) is 4.74 Å². The predicted molar refractivity (Wildman–Crippen MR) is 138 cm³/mol. The number of rotatable bonds is 6. The molecule has 1 aromatic carbocycles. The number of aromatic nitrogens is 2. The summed E-state index contributed by atoms with van der Waals surface area (Å²) >= 11 is 1.69. The Morgan fingerprint density at radius 1 is 1.24 bits per heavy atom. The highest BCUT2D eigenvalue weighted by atomic mass is 32.1. The average Bonchev–Trinajstić information content (AvgIpc) is 3.41. The van der Waals surface area contributed by atoms with Gasteiger partial charge in [-0.3, -0.25) is 9.79 Å². The number of ether oxygens (including phenoxy) is 1. The van der Waals surface area contributed by atoms with Crippen molar-refractivity contribution in [3.05, 3.63) is 40.0 Å². The average molecular weight is 478 g/mol. The molecule has 0 radical (unpaired) electrons. The van der Waals surface area contributed by atoms with Crippen molar-refractivity contribution in [3.63, 3.8) is 0 Å². The molecule has 34 heavy (non-hydrogen) atoms. The first kappa shape index (κ1) is 22.8. The summed E-state index contributed by atoms with van der Waals surface area (Å²) in [5, 5.41) is 4.61. The molecule has 1 atom stereocenters. The van der Waals surface area contributed by atoms with Crippen LogP contribution in [0.15, 0.2) is 23.5 Å². The molecule has 0 saturated carbocycles. The summed E-state index contributed by atoms with van der Waals surface area (Å²) in [7, 11) is 1.90. The Bertz CT molecular complexity index is 1280. The van der Waals surface area contributed by atoms with Crippen LogP contribution in [0.4, 0.5) is 11.5 Å². The SMILES string of the molecule is CC(C)Oc1cc2c(cc1Nc1ncnc3sc4c(c13)CCC(C(=O)N(C)C(C)C)C4)C=NC2. The van der Waals surface area contributed by atoms with Crippen molar-refractivity contribution in [2.75, 3.05) is 12.4 Å². The third-order valence-electron chi connectivity index (χ3n) is 6.67. The van der Waals surface area contributed by atoms with Crippen molar-refractivity contribution in [3.8, 4) is 5.75 Å². The topological polar surface area (TPSA) is 79.7 Å². The number of fused-ring (bicyclic) bond motifs is 4. The molecule has 8 heteroatoms. The molecular formula is C26H31N5O2S. The third-order valence-corrected chi connectivity index (χ3v) is 7.83. The van der Waals surface area contributed by atoms with Gasteiger partial charge in [0.25, 0.3) is 0 Å². The number of aryl methyl sites for hydroxylation is 1. The number of aliphatic imine (C=N–C) groups is 1. The molecule has 1 N–H and O–H groups in total. The van der Waals surface area contributed by atoms with Gasteiger partial charge in [0.2, 0.25) is 5.91 Å². The molecule has 1 amide bonds. The van der Waals surface area contributed by atoms with Gasteiger partial charge in [-0.2, -0.15) is 0 Å². The summed E-state index contributed by atoms with van der Waals surface area (Å²) in [5.41, 5.74) is 4.42. The van der Waals surface area contributed by atoms with E-state index < -0.39 is 0 Å². The number of carbonyl (C=O) groups excluding carboxylic acids is 1. The van der Waals surface area contributed by atoms with E-state index in [0.29, 0.717) is 6.54 Å². The van der Waals surface area contributed by atoms with Gasteiger partial charge in [0, 0.05) is 30.1 Å². The number of hydrogen-bond acceptors (Lipinski definition) is 7. The summed E-state index contributed by atoms with van der Waals surface area (Å²) in [4.78, 5) is 30.6. The standard InChI is InChI=1S/C26H31N5O2S/c1-14(2)31(5)26(32)16-6-7-19-22(10-16)34-25-23(19)24(28-13-29-25)30-20-8-17-11-27-12-18(17)9-21(20)33-15(3)4/h8-9,11,13-16H,6-7,10,12H2,1-5H3,(H,28,29,30). The van der Waals surface area contributed by atoms with E-state index in [2.05, 4.69) is 46.3 Å². The Hall–Kier alpha value is -3.00. The van der Waals surface area contributed by atoms with Crippen LogP contribution in [0.2, 0.25) is 0 Å². The van der Waals surface area contributed by atoms with Crippen LogP contribution in [0.3, 0.4) is 0 Å². The van der Waals surface area contributed by atoms with E-state index in [0.717, 1.165) is 52.3 Å². The maximum absolute atomic E-state index is 13.0. The Morgan fingerprint density at radius 2 is 2.06 bits per heavy atom. The predicted octanol–water partition coefficient (Wildman–Crippen LogP) is 5.13. The van der Waals surface area contributed by atoms with E-state index in [1.165, 1.54) is 16.0 Å². The zero-order valence-electron chi connectivity index (χ0n) is 20.4. The third kappa shape index (κ3) is 4.15. The summed E-state index contributed by atoms with van der Waals surface area (Å²) in [6, 6.07) is 4.37. The molecule has 3 heterocycles. The molecule has 0 bridgehead atoms. The second-order valence-electron chi connectivity index (χ2n) is 9.70. The molecule has 0 saturated heterocycles. The maximum atomic E-state index is 13.0. The number of nitrogens with one attached hydrogen (secondary N) is 1. The number of benzene rings is 1. The summed E-state index contributed by atoms with van der Waals surface area (Å²) in [6.07, 6.45) is 6.04. The fraction of sp³-hybridized carbons (Fsp3) is 0.462. The lowest BCUT2D eigenvalue weighted by Crippen LogP contribution is -2.39. The van der Waals surface area contributed by atoms with Crippen LogP contribution in [-0.4, -0.2) is 46.2 Å². The van der Waals surface area contributed by atoms with Crippen LogP contribution in [0.1, 0.15) is 55.7 Å². The van der Waals surface area contributed by atoms with Crippen LogP contribution in [0.5, 0.6) is 5.75 Å². The second kappa shape index (κ2) is 8.98. The van der Waals surface area contributed by atoms with Crippen molar-refractivity contribution in [2.45, 2.75) is 65.6 Å². The van der Waals surface area contributed by atoms with Gasteiger partial charge >= 0.3 is 0 Å². The Morgan fingerprint density at radius 3 is 2.82 bits per heavy atom. The lowest BCUT2D eigenvalue weighted by atomic mass is 9.86. The van der Waals surface area contributed by atoms with Crippen molar-refractivity contribution in [1.82, 2.24) is 14.9 Å². The van der Waals surface area contributed by atoms with Crippen LogP contribution in [0, 0.1) is 5.92 Å². The molecule has 5 rings (SSSR count). The molecule has 1 aliphatic carbocycles. The van der Waals surface area contributed by atoms with Gasteiger partial charge in [-0.25, -0.2) is 9.97 Å². The van der Waals surface area contributed by atoms with Crippen molar-refractivity contribution >= 4 is 45.2 Å². The van der Waals surface area contributed by atoms with E-state index >= 15 is 0 Å². The minimum absolute atomic E-state index is 0.0272. The molecule has 0 spiro atoms. The Kier molecular flexibility index (Phi) is 6.02. The van der Waals surface area contributed by atoms with E-state index in [9.17, 15) is 4.79 Å². The van der Waals surface area contributed by atoms with Gasteiger partial charge in [-0.15, -0.1) is 11.3 Å². The highest BCUT2D eigenvalue weighted by Gasteiger charge is 2.31. The molecule has 1 aliphatic heterocycles. The molecule has 2 aliphatic rings. The fourth-order valence-electron chi connectivity index (χ4n) is 4.67. The molecule has 2 aromatic heterocycles. The summed E-state index contributed by atoms with van der Waals surface area (Å²) in [6.45, 7) is 8.86. The normalized spacial score (nSPS) is 16.7. The minimum Gasteiger partial charge on any atom is -0.489 e. The van der Waals surface area contributed by atoms with Gasteiger partial charge in [-0.05, 0) is 75.8 Å². The molecule has 0 fully saturated rings. The lowest BCUT2D eigenvalue weighted by molar-refractivity contribution is -0.136. The molecule has 178 valence electrons. The van der Waals surface area contributed by atoms with Crippen molar-refractivity contribution in [1.29, 1.82) is 0 Å². The first-order chi connectivity index (χ1) is 16.3. The van der Waals surface area contributed by atoms with Gasteiger partial charge in [-0.1, -0.05) is 0 Å². The van der Waals surface area contributed by atoms with Crippen LogP contribution >= 0.6 is 11.3 Å². The van der Waals surface area contributed by atoms with Crippen LogP contribution in [-0.2, 0) is 24.2 Å². The number of amides is 1.